The van der Waals surface area contributed by atoms with Gasteiger partial charge in [-0.15, -0.1) is 0 Å². The first-order valence-corrected chi connectivity index (χ1v) is 5.56. The van der Waals surface area contributed by atoms with Crippen molar-refractivity contribution in [3.05, 3.63) is 29.6 Å². The molecule has 0 saturated carbocycles. The van der Waals surface area contributed by atoms with Gasteiger partial charge in [0.25, 0.3) is 0 Å². The highest BCUT2D eigenvalue weighted by molar-refractivity contribution is 5.74. The lowest BCUT2D eigenvalue weighted by atomic mass is 10.1. The highest BCUT2D eigenvalue weighted by Crippen LogP contribution is 2.17. The molecule has 1 amide bonds. The van der Waals surface area contributed by atoms with Crippen LogP contribution in [0, 0.1) is 0 Å². The summed E-state index contributed by atoms with van der Waals surface area (Å²) in [5.41, 5.74) is 0.614. The van der Waals surface area contributed by atoms with Crippen molar-refractivity contribution in [1.29, 1.82) is 0 Å². The number of hydrogen-bond acceptors (Lipinski definition) is 5. The van der Waals surface area contributed by atoms with Crippen LogP contribution in [0.2, 0.25) is 0 Å². The number of rotatable bonds is 6. The van der Waals surface area contributed by atoms with Crippen LogP contribution in [0.5, 0.6) is 0 Å². The number of aromatic nitrogens is 1. The fourth-order valence-electron chi connectivity index (χ4n) is 1.45. The maximum Gasteiger partial charge on any atom is 0.216 e. The molecule has 6 nitrogen and oxygen atoms in total. The Bertz CT molecular complexity index is 422. The Morgan fingerprint density at radius 1 is 1.56 bits per heavy atom. The van der Waals surface area contributed by atoms with Crippen LogP contribution in [0.25, 0.3) is 0 Å². The van der Waals surface area contributed by atoms with E-state index in [9.17, 15) is 19.8 Å². The molecular weight excluding hydrogens is 236 g/mol. The zero-order valence-electron chi connectivity index (χ0n) is 10.0. The summed E-state index contributed by atoms with van der Waals surface area (Å²) < 4.78 is 0. The molecule has 0 fully saturated rings. The van der Waals surface area contributed by atoms with E-state index in [4.69, 9.17) is 0 Å². The van der Waals surface area contributed by atoms with Crippen LogP contribution in [0.4, 0.5) is 0 Å². The predicted octanol–water partition coefficient (Wildman–Crippen LogP) is -0.185. The molecule has 3 N–H and O–H groups in total. The second-order valence-corrected chi connectivity index (χ2v) is 3.92. The van der Waals surface area contributed by atoms with Gasteiger partial charge in [-0.25, -0.2) is 0 Å². The van der Waals surface area contributed by atoms with Gasteiger partial charge in [0.2, 0.25) is 5.91 Å². The summed E-state index contributed by atoms with van der Waals surface area (Å²) in [5, 5.41) is 22.1. The van der Waals surface area contributed by atoms with E-state index < -0.39 is 12.2 Å². The smallest absolute Gasteiger partial charge is 0.216 e. The number of carbonyl (C=O) groups excluding carboxylic acids is 2. The van der Waals surface area contributed by atoms with Crippen molar-refractivity contribution in [1.82, 2.24) is 10.3 Å². The molecule has 1 aromatic heterocycles. The zero-order valence-corrected chi connectivity index (χ0v) is 10.0. The summed E-state index contributed by atoms with van der Waals surface area (Å²) >= 11 is 0. The number of nitrogens with one attached hydrogen (secondary N) is 1. The number of carbonyl (C=O) groups is 2. The molecule has 2 atom stereocenters. The second-order valence-electron chi connectivity index (χ2n) is 3.92. The second kappa shape index (κ2) is 6.83. The molecule has 98 valence electrons. The fourth-order valence-corrected chi connectivity index (χ4v) is 1.45. The molecule has 1 rings (SSSR count). The number of aliphatic hydroxyl groups excluding tert-OH is 2. The van der Waals surface area contributed by atoms with Crippen LogP contribution in [0.3, 0.4) is 0 Å². The largest absolute Gasteiger partial charge is 0.390 e. The molecule has 0 aliphatic carbocycles. The minimum Gasteiger partial charge on any atom is -0.390 e. The Morgan fingerprint density at radius 2 is 2.28 bits per heavy atom. The number of hydrogen-bond donors (Lipinski definition) is 3. The van der Waals surface area contributed by atoms with Gasteiger partial charge in [-0.2, -0.15) is 0 Å². The van der Waals surface area contributed by atoms with E-state index in [1.165, 1.54) is 25.3 Å². The van der Waals surface area contributed by atoms with Crippen LogP contribution in [-0.2, 0) is 4.79 Å². The third kappa shape index (κ3) is 4.23. The maximum absolute atomic E-state index is 10.6. The minimum atomic E-state index is -1.18. The molecule has 18 heavy (non-hydrogen) atoms. The number of aldehydes is 1. The van der Waals surface area contributed by atoms with Crippen molar-refractivity contribution in [3.63, 3.8) is 0 Å². The van der Waals surface area contributed by atoms with E-state index in [1.54, 1.807) is 0 Å². The highest BCUT2D eigenvalue weighted by Gasteiger charge is 2.19. The third-order valence-corrected chi connectivity index (χ3v) is 2.42. The Balaban J connectivity index is 2.58. The quantitative estimate of drug-likeness (QED) is 0.610. The lowest BCUT2D eigenvalue weighted by Gasteiger charge is -2.17. The standard InChI is InChI=1S/C12H16N2O4/c1-8(16)13-5-3-11(17)12(18)10-6-9(7-15)2-4-14-10/h2,4,6-7,11-12,17-18H,3,5H2,1H3,(H,13,16). The molecule has 1 aromatic rings. The first-order chi connectivity index (χ1) is 8.54. The summed E-state index contributed by atoms with van der Waals surface area (Å²) in [4.78, 5) is 25.1. The van der Waals surface area contributed by atoms with E-state index in [2.05, 4.69) is 10.3 Å². The summed E-state index contributed by atoms with van der Waals surface area (Å²) in [6, 6.07) is 2.92. The van der Waals surface area contributed by atoms with Crippen molar-refractivity contribution in [2.75, 3.05) is 6.54 Å². The third-order valence-electron chi connectivity index (χ3n) is 2.42. The Labute approximate surface area is 105 Å². The molecule has 0 aliphatic heterocycles. The number of aliphatic hydroxyl groups is 2. The van der Waals surface area contributed by atoms with Gasteiger partial charge >= 0.3 is 0 Å². The normalized spacial score (nSPS) is 13.7. The van der Waals surface area contributed by atoms with Crippen molar-refractivity contribution in [3.8, 4) is 0 Å². The van der Waals surface area contributed by atoms with Gasteiger partial charge in [0, 0.05) is 25.2 Å². The first-order valence-electron chi connectivity index (χ1n) is 5.56. The molecule has 0 spiro atoms. The molecule has 0 bridgehead atoms. The summed E-state index contributed by atoms with van der Waals surface area (Å²) in [6.07, 6.45) is 0.00272. The van der Waals surface area contributed by atoms with Crippen molar-refractivity contribution in [2.45, 2.75) is 25.6 Å². The maximum atomic E-state index is 10.6. The summed E-state index contributed by atoms with van der Waals surface area (Å²) in [5.74, 6) is -0.197. The Hall–Kier alpha value is -1.79. The minimum absolute atomic E-state index is 0.197. The molecule has 2 unspecified atom stereocenters. The van der Waals surface area contributed by atoms with E-state index in [0.717, 1.165) is 0 Å². The topological polar surface area (TPSA) is 99.5 Å². The average Bonchev–Trinajstić information content (AvgIpc) is 2.37. The van der Waals surface area contributed by atoms with Crippen LogP contribution >= 0.6 is 0 Å². The molecule has 0 aliphatic rings. The van der Waals surface area contributed by atoms with Crippen LogP contribution in [-0.4, -0.2) is 40.0 Å². The zero-order chi connectivity index (χ0) is 13.5. The van der Waals surface area contributed by atoms with Gasteiger partial charge in [0.05, 0.1) is 11.8 Å². The predicted molar refractivity (Wildman–Crippen MR) is 63.9 cm³/mol. The lowest BCUT2D eigenvalue weighted by molar-refractivity contribution is -0.119. The van der Waals surface area contributed by atoms with Gasteiger partial charge in [-0.05, 0) is 18.6 Å². The summed E-state index contributed by atoms with van der Waals surface area (Å²) in [6.45, 7) is 1.64. The molecule has 1 heterocycles. The van der Waals surface area contributed by atoms with Crippen molar-refractivity contribution in [2.24, 2.45) is 0 Å². The summed E-state index contributed by atoms with van der Waals surface area (Å²) in [7, 11) is 0. The average molecular weight is 252 g/mol. The van der Waals surface area contributed by atoms with E-state index >= 15 is 0 Å². The number of nitrogens with zero attached hydrogens (tertiary/aromatic N) is 1. The van der Waals surface area contributed by atoms with Gasteiger partial charge in [-0.1, -0.05) is 0 Å². The molecule has 0 aromatic carbocycles. The molecule has 0 radical (unpaired) electrons. The van der Waals surface area contributed by atoms with E-state index in [1.807, 2.05) is 0 Å². The lowest BCUT2D eigenvalue weighted by Crippen LogP contribution is -2.28. The molecular formula is C12H16N2O4. The Kier molecular flexibility index (Phi) is 5.41. The monoisotopic (exact) mass is 252 g/mol. The van der Waals surface area contributed by atoms with Gasteiger partial charge in [0.15, 0.2) is 0 Å². The Morgan fingerprint density at radius 3 is 2.89 bits per heavy atom. The van der Waals surface area contributed by atoms with Crippen molar-refractivity contribution >= 4 is 12.2 Å². The molecule has 0 saturated heterocycles. The van der Waals surface area contributed by atoms with E-state index in [-0.39, 0.29) is 24.6 Å². The first kappa shape index (κ1) is 14.3. The SMILES string of the molecule is CC(=O)NCCC(O)C(O)c1cc(C=O)ccn1. The highest BCUT2D eigenvalue weighted by atomic mass is 16.3. The molecule has 6 heteroatoms. The number of pyridine rings is 1. The van der Waals surface area contributed by atoms with Crippen LogP contribution in [0.15, 0.2) is 18.3 Å². The van der Waals surface area contributed by atoms with Gasteiger partial charge < -0.3 is 15.5 Å². The van der Waals surface area contributed by atoms with Crippen LogP contribution in [0.1, 0.15) is 35.5 Å². The van der Waals surface area contributed by atoms with E-state index in [0.29, 0.717) is 11.8 Å². The van der Waals surface area contributed by atoms with Gasteiger partial charge in [0.1, 0.15) is 12.4 Å². The fraction of sp³-hybridized carbons (Fsp3) is 0.417. The van der Waals surface area contributed by atoms with Crippen molar-refractivity contribution < 1.29 is 19.8 Å². The van der Waals surface area contributed by atoms with Crippen LogP contribution < -0.4 is 5.32 Å². The van der Waals surface area contributed by atoms with Gasteiger partial charge in [-0.3, -0.25) is 14.6 Å². The number of amides is 1.